The van der Waals surface area contributed by atoms with Gasteiger partial charge in [-0.25, -0.2) is 0 Å². The molecule has 0 aromatic carbocycles. The predicted octanol–water partition coefficient (Wildman–Crippen LogP) is 3.92. The SMILES string of the molecule is C=C1C2C[C@@H]3C4=NC[C@]5(C)CCC[C@]6(O)[C@H](C2)[C@]3(CC[C@@]456)[C@@H]1OC(=O)C(C)C. The molecule has 1 aliphatic heterocycles. The molecular weight excluding hydrogens is 350 g/mol. The van der Waals surface area contributed by atoms with Gasteiger partial charge in [0.05, 0.1) is 11.5 Å². The first-order chi connectivity index (χ1) is 13.2. The summed E-state index contributed by atoms with van der Waals surface area (Å²) >= 11 is 0. The number of rotatable bonds is 2. The highest BCUT2D eigenvalue weighted by Crippen LogP contribution is 2.81. The lowest BCUT2D eigenvalue weighted by molar-refractivity contribution is -0.296. The Hall–Kier alpha value is -1.16. The van der Waals surface area contributed by atoms with E-state index in [0.717, 1.165) is 50.6 Å². The van der Waals surface area contributed by atoms with Crippen LogP contribution in [0.25, 0.3) is 0 Å². The van der Waals surface area contributed by atoms with Crippen LogP contribution in [0.4, 0.5) is 0 Å². The van der Waals surface area contributed by atoms with Crippen molar-refractivity contribution in [3.8, 4) is 0 Å². The Morgan fingerprint density at radius 3 is 2.79 bits per heavy atom. The van der Waals surface area contributed by atoms with Crippen molar-refractivity contribution in [3.63, 3.8) is 0 Å². The summed E-state index contributed by atoms with van der Waals surface area (Å²) in [4.78, 5) is 17.8. The molecule has 4 nitrogen and oxygen atoms in total. The number of carbonyl (C=O) groups is 1. The first-order valence-corrected chi connectivity index (χ1v) is 11.4. The second kappa shape index (κ2) is 4.94. The molecule has 0 saturated heterocycles. The molecule has 7 fully saturated rings. The molecule has 1 N–H and O–H groups in total. The maximum Gasteiger partial charge on any atom is 0.308 e. The van der Waals surface area contributed by atoms with Crippen LogP contribution in [-0.4, -0.2) is 35.0 Å². The van der Waals surface area contributed by atoms with Gasteiger partial charge in [-0.1, -0.05) is 27.4 Å². The highest BCUT2D eigenvalue weighted by Gasteiger charge is 2.84. The molecule has 152 valence electrons. The first kappa shape index (κ1) is 17.7. The lowest BCUT2D eigenvalue weighted by Gasteiger charge is -2.78. The van der Waals surface area contributed by atoms with Gasteiger partial charge in [0.2, 0.25) is 0 Å². The lowest BCUT2D eigenvalue weighted by atomic mass is 9.26. The highest BCUT2D eigenvalue weighted by molar-refractivity contribution is 5.99. The number of hydrogen-bond donors (Lipinski definition) is 1. The van der Waals surface area contributed by atoms with E-state index in [9.17, 15) is 9.90 Å². The molecular formula is C24H33NO3. The average Bonchev–Trinajstić information content (AvgIpc) is 2.97. The molecule has 7 aliphatic carbocycles. The van der Waals surface area contributed by atoms with Crippen molar-refractivity contribution in [2.24, 2.45) is 44.9 Å². The molecule has 28 heavy (non-hydrogen) atoms. The van der Waals surface area contributed by atoms with E-state index >= 15 is 0 Å². The summed E-state index contributed by atoms with van der Waals surface area (Å²) in [6.45, 7) is 11.5. The Kier molecular flexibility index (Phi) is 3.12. The summed E-state index contributed by atoms with van der Waals surface area (Å²) < 4.78 is 6.20. The monoisotopic (exact) mass is 383 g/mol. The van der Waals surface area contributed by atoms with Crippen LogP contribution in [0.3, 0.4) is 0 Å². The normalized spacial score (nSPS) is 55.3. The van der Waals surface area contributed by atoms with Gasteiger partial charge < -0.3 is 9.84 Å². The number of esters is 1. The summed E-state index contributed by atoms with van der Waals surface area (Å²) in [6, 6.07) is 0. The second-order valence-electron chi connectivity index (χ2n) is 11.4. The zero-order valence-electron chi connectivity index (χ0n) is 17.5. The zero-order chi connectivity index (χ0) is 19.7. The summed E-state index contributed by atoms with van der Waals surface area (Å²) in [6.07, 6.45) is 7.05. The maximum absolute atomic E-state index is 12.6. The van der Waals surface area contributed by atoms with Gasteiger partial charge in [0, 0.05) is 34.4 Å². The summed E-state index contributed by atoms with van der Waals surface area (Å²) in [5, 5.41) is 12.4. The van der Waals surface area contributed by atoms with E-state index in [-0.39, 0.29) is 40.2 Å². The summed E-state index contributed by atoms with van der Waals surface area (Å²) in [7, 11) is 0. The molecule has 1 unspecified atom stereocenters. The van der Waals surface area contributed by atoms with Gasteiger partial charge in [-0.3, -0.25) is 9.79 Å². The van der Waals surface area contributed by atoms with Gasteiger partial charge in [-0.05, 0) is 62.4 Å². The Labute approximate surface area is 167 Å². The van der Waals surface area contributed by atoms with Crippen LogP contribution in [0, 0.1) is 39.9 Å². The number of aliphatic hydroxyl groups is 1. The van der Waals surface area contributed by atoms with Crippen LogP contribution in [-0.2, 0) is 9.53 Å². The van der Waals surface area contributed by atoms with Crippen molar-refractivity contribution in [3.05, 3.63) is 12.2 Å². The van der Waals surface area contributed by atoms with Crippen molar-refractivity contribution in [1.82, 2.24) is 0 Å². The fourth-order valence-corrected chi connectivity index (χ4v) is 9.26. The molecule has 0 aromatic rings. The van der Waals surface area contributed by atoms with E-state index in [4.69, 9.17) is 9.73 Å². The van der Waals surface area contributed by atoms with Crippen molar-refractivity contribution < 1.29 is 14.6 Å². The van der Waals surface area contributed by atoms with E-state index < -0.39 is 5.60 Å². The van der Waals surface area contributed by atoms with Gasteiger partial charge in [0.25, 0.3) is 0 Å². The number of fused-ring (bicyclic) bond motifs is 2. The van der Waals surface area contributed by atoms with Crippen LogP contribution in [0.2, 0.25) is 0 Å². The first-order valence-electron chi connectivity index (χ1n) is 11.4. The third-order valence-electron chi connectivity index (χ3n) is 10.3. The number of carbonyl (C=O) groups excluding carboxylic acids is 1. The molecule has 4 heteroatoms. The molecule has 2 spiro atoms. The fourth-order valence-electron chi connectivity index (χ4n) is 9.26. The van der Waals surface area contributed by atoms with Crippen LogP contribution in [0.5, 0.6) is 0 Å². The maximum atomic E-state index is 12.6. The second-order valence-corrected chi connectivity index (χ2v) is 11.4. The van der Waals surface area contributed by atoms with Crippen LogP contribution in [0.1, 0.15) is 65.7 Å². The minimum atomic E-state index is -0.689. The van der Waals surface area contributed by atoms with Gasteiger partial charge in [-0.2, -0.15) is 0 Å². The van der Waals surface area contributed by atoms with Crippen LogP contribution in [0.15, 0.2) is 17.1 Å². The van der Waals surface area contributed by atoms with E-state index in [1.54, 1.807) is 0 Å². The van der Waals surface area contributed by atoms with Crippen molar-refractivity contribution >= 4 is 11.7 Å². The molecule has 8 aliphatic rings. The largest absolute Gasteiger partial charge is 0.457 e. The number of nitrogens with zero attached hydrogens (tertiary/aromatic N) is 1. The molecule has 1 heterocycles. The quantitative estimate of drug-likeness (QED) is 0.581. The summed E-state index contributed by atoms with van der Waals surface area (Å²) in [5.41, 5.74) is 1.51. The fraction of sp³-hybridized carbons (Fsp3) is 0.833. The Morgan fingerprint density at radius 1 is 1.25 bits per heavy atom. The van der Waals surface area contributed by atoms with Crippen molar-refractivity contribution in [2.75, 3.05) is 6.54 Å². The molecule has 8 atom stereocenters. The van der Waals surface area contributed by atoms with Crippen molar-refractivity contribution in [2.45, 2.75) is 77.4 Å². The van der Waals surface area contributed by atoms with Crippen LogP contribution >= 0.6 is 0 Å². The van der Waals surface area contributed by atoms with Gasteiger partial charge in [0.15, 0.2) is 0 Å². The van der Waals surface area contributed by atoms with Gasteiger partial charge in [-0.15, -0.1) is 0 Å². The molecule has 0 radical (unpaired) electrons. The number of aliphatic imine (C=N–C) groups is 1. The minimum absolute atomic E-state index is 0.103. The molecule has 7 saturated carbocycles. The highest BCUT2D eigenvalue weighted by atomic mass is 16.5. The van der Waals surface area contributed by atoms with Gasteiger partial charge in [0.1, 0.15) is 6.10 Å². The van der Waals surface area contributed by atoms with E-state index in [2.05, 4.69) is 13.5 Å². The van der Waals surface area contributed by atoms with Crippen LogP contribution < -0.4 is 0 Å². The third-order valence-corrected chi connectivity index (χ3v) is 10.3. The van der Waals surface area contributed by atoms with Crippen molar-refractivity contribution in [1.29, 1.82) is 0 Å². The Bertz CT molecular complexity index is 828. The smallest absolute Gasteiger partial charge is 0.308 e. The average molecular weight is 384 g/mol. The van der Waals surface area contributed by atoms with E-state index in [1.807, 2.05) is 13.8 Å². The summed E-state index contributed by atoms with van der Waals surface area (Å²) in [5.74, 6) is 0.651. The lowest BCUT2D eigenvalue weighted by Crippen LogP contribution is -2.82. The zero-order valence-corrected chi connectivity index (χ0v) is 17.5. The molecule has 8 rings (SSSR count). The number of hydrogen-bond acceptors (Lipinski definition) is 4. The third kappa shape index (κ3) is 1.54. The standard InChI is InChI=1S/C24H33NO3/c1-13(2)20(26)28-19-14(3)15-10-16-18-23-9-8-22(16,19)17(11-15)24(23,27)7-5-6-21(23,4)12-25-18/h13,15-17,19,27H,3,5-12H2,1-2,4H3/t15?,16-,17-,19-,21+,22-,23-,24+/m1/s1. The van der Waals surface area contributed by atoms with E-state index in [1.165, 1.54) is 12.1 Å². The minimum Gasteiger partial charge on any atom is -0.457 e. The molecule has 0 aromatic heterocycles. The Morgan fingerprint density at radius 2 is 2.04 bits per heavy atom. The topological polar surface area (TPSA) is 58.9 Å². The Balaban J connectivity index is 1.55. The number of ether oxygens (including phenoxy) is 1. The predicted molar refractivity (Wildman–Crippen MR) is 107 cm³/mol. The molecule has 0 amide bonds. The van der Waals surface area contributed by atoms with Gasteiger partial charge >= 0.3 is 5.97 Å². The molecule has 5 bridgehead atoms. The van der Waals surface area contributed by atoms with E-state index in [0.29, 0.717) is 11.8 Å².